The van der Waals surface area contributed by atoms with Gasteiger partial charge in [0.2, 0.25) is 10.0 Å². The van der Waals surface area contributed by atoms with Crippen molar-refractivity contribution >= 4 is 16.0 Å². The molecule has 2 atom stereocenters. The van der Waals surface area contributed by atoms with E-state index in [1.807, 2.05) is 0 Å². The SMILES string of the molecule is Cc1c(S(=O)(=O)N2CC[C@@H](O)[C@H](C)C2)cc(C(=O)O)n1C. The maximum Gasteiger partial charge on any atom is 0.352 e. The molecule has 0 bridgehead atoms. The van der Waals surface area contributed by atoms with Crippen molar-refractivity contribution in [1.82, 2.24) is 8.87 Å². The molecule has 1 aliphatic rings. The Morgan fingerprint density at radius 2 is 2.05 bits per heavy atom. The highest BCUT2D eigenvalue weighted by Gasteiger charge is 2.35. The Kier molecular flexibility index (Phi) is 4.14. The molecule has 0 aliphatic carbocycles. The van der Waals surface area contributed by atoms with Gasteiger partial charge in [0.05, 0.1) is 6.10 Å². The predicted molar refractivity (Wildman–Crippen MR) is 75.7 cm³/mol. The van der Waals surface area contributed by atoms with Crippen molar-refractivity contribution in [2.24, 2.45) is 13.0 Å². The summed E-state index contributed by atoms with van der Waals surface area (Å²) in [6.07, 6.45) is -0.110. The molecule has 1 saturated heterocycles. The zero-order valence-corrected chi connectivity index (χ0v) is 13.1. The Morgan fingerprint density at radius 3 is 2.52 bits per heavy atom. The lowest BCUT2D eigenvalue weighted by Gasteiger charge is -2.33. The molecule has 0 amide bonds. The predicted octanol–water partition coefficient (Wildman–Crippen LogP) is 0.423. The van der Waals surface area contributed by atoms with E-state index in [1.165, 1.54) is 22.0 Å². The van der Waals surface area contributed by atoms with Gasteiger partial charge in [0, 0.05) is 25.8 Å². The molecule has 2 rings (SSSR count). The van der Waals surface area contributed by atoms with Crippen molar-refractivity contribution in [3.8, 4) is 0 Å². The van der Waals surface area contributed by atoms with E-state index in [1.54, 1.807) is 13.8 Å². The van der Waals surface area contributed by atoms with E-state index in [9.17, 15) is 18.3 Å². The van der Waals surface area contributed by atoms with Gasteiger partial charge in [0.1, 0.15) is 10.6 Å². The lowest BCUT2D eigenvalue weighted by atomic mass is 9.99. The van der Waals surface area contributed by atoms with Crippen molar-refractivity contribution in [3.05, 3.63) is 17.5 Å². The van der Waals surface area contributed by atoms with Crippen LogP contribution in [0, 0.1) is 12.8 Å². The number of nitrogens with zero attached hydrogens (tertiary/aromatic N) is 2. The third kappa shape index (κ3) is 2.70. The van der Waals surface area contributed by atoms with Crippen molar-refractivity contribution in [2.75, 3.05) is 13.1 Å². The molecular weight excluding hydrogens is 296 g/mol. The van der Waals surface area contributed by atoms with Crippen LogP contribution in [0.5, 0.6) is 0 Å². The molecule has 7 nitrogen and oxygen atoms in total. The lowest BCUT2D eigenvalue weighted by Crippen LogP contribution is -2.44. The zero-order chi connectivity index (χ0) is 15.9. The fourth-order valence-electron chi connectivity index (χ4n) is 2.59. The minimum atomic E-state index is -3.75. The number of carboxylic acid groups (broad SMARTS) is 1. The Labute approximate surface area is 123 Å². The molecule has 0 unspecified atom stereocenters. The monoisotopic (exact) mass is 316 g/mol. The first-order valence-corrected chi connectivity index (χ1v) is 8.18. The zero-order valence-electron chi connectivity index (χ0n) is 12.3. The van der Waals surface area contributed by atoms with Gasteiger partial charge >= 0.3 is 5.97 Å². The van der Waals surface area contributed by atoms with Crippen molar-refractivity contribution in [1.29, 1.82) is 0 Å². The van der Waals surface area contributed by atoms with Crippen LogP contribution >= 0.6 is 0 Å². The molecule has 0 spiro atoms. The van der Waals surface area contributed by atoms with Gasteiger partial charge < -0.3 is 14.8 Å². The summed E-state index contributed by atoms with van der Waals surface area (Å²) in [4.78, 5) is 11.1. The molecule has 0 aromatic carbocycles. The summed E-state index contributed by atoms with van der Waals surface area (Å²) in [5.41, 5.74) is 0.336. The largest absolute Gasteiger partial charge is 0.477 e. The normalized spacial score (nSPS) is 24.2. The number of aliphatic hydroxyl groups is 1. The van der Waals surface area contributed by atoms with E-state index in [-0.39, 0.29) is 29.6 Å². The highest BCUT2D eigenvalue weighted by Crippen LogP contribution is 2.27. The van der Waals surface area contributed by atoms with Gasteiger partial charge in [-0.05, 0) is 25.3 Å². The summed E-state index contributed by atoms with van der Waals surface area (Å²) in [7, 11) is -2.22. The molecule has 0 radical (unpaired) electrons. The number of carboxylic acids is 1. The third-order valence-electron chi connectivity index (χ3n) is 4.15. The Hall–Kier alpha value is -1.38. The Balaban J connectivity index is 2.41. The molecule has 1 aromatic rings. The topological polar surface area (TPSA) is 99.8 Å². The van der Waals surface area contributed by atoms with E-state index in [2.05, 4.69) is 0 Å². The van der Waals surface area contributed by atoms with Gasteiger partial charge in [-0.2, -0.15) is 4.31 Å². The molecule has 8 heteroatoms. The standard InChI is InChI=1S/C13H20N2O5S/c1-8-7-15(5-4-11(8)16)21(19,20)12-6-10(13(17)18)14(3)9(12)2/h6,8,11,16H,4-5,7H2,1-3H3,(H,17,18)/t8-,11-/m1/s1. The van der Waals surface area contributed by atoms with Crippen molar-refractivity contribution in [2.45, 2.75) is 31.3 Å². The number of rotatable bonds is 3. The lowest BCUT2D eigenvalue weighted by molar-refractivity contribution is 0.0628. The molecule has 2 N–H and O–H groups in total. The van der Waals surface area contributed by atoms with Crippen LogP contribution in [-0.2, 0) is 17.1 Å². The first kappa shape index (κ1) is 16.0. The number of piperidine rings is 1. The van der Waals surface area contributed by atoms with Crippen LogP contribution in [0.25, 0.3) is 0 Å². The molecule has 2 heterocycles. The van der Waals surface area contributed by atoms with Gasteiger partial charge in [-0.1, -0.05) is 6.92 Å². The number of hydrogen-bond acceptors (Lipinski definition) is 4. The van der Waals surface area contributed by atoms with E-state index in [0.29, 0.717) is 12.1 Å². The summed E-state index contributed by atoms with van der Waals surface area (Å²) in [6, 6.07) is 1.20. The fraction of sp³-hybridized carbons (Fsp3) is 0.615. The van der Waals surface area contributed by atoms with Crippen LogP contribution in [0.15, 0.2) is 11.0 Å². The first-order chi connectivity index (χ1) is 9.66. The highest BCUT2D eigenvalue weighted by atomic mass is 32.2. The minimum Gasteiger partial charge on any atom is -0.477 e. The van der Waals surface area contributed by atoms with Crippen LogP contribution in [0.4, 0.5) is 0 Å². The first-order valence-electron chi connectivity index (χ1n) is 6.74. The Bertz CT molecular complexity index is 664. The third-order valence-corrected chi connectivity index (χ3v) is 6.13. The van der Waals surface area contributed by atoms with E-state index in [4.69, 9.17) is 5.11 Å². The molecule has 0 saturated carbocycles. The van der Waals surface area contributed by atoms with Crippen LogP contribution < -0.4 is 0 Å². The summed E-state index contributed by atoms with van der Waals surface area (Å²) < 4.78 is 28.0. The van der Waals surface area contributed by atoms with Gasteiger partial charge in [0.15, 0.2) is 0 Å². The summed E-state index contributed by atoms with van der Waals surface area (Å²) in [6.45, 7) is 3.86. The van der Waals surface area contributed by atoms with Crippen LogP contribution in [0.1, 0.15) is 29.5 Å². The van der Waals surface area contributed by atoms with Crippen LogP contribution in [0.3, 0.4) is 0 Å². The molecule has 1 aromatic heterocycles. The molecule has 1 aliphatic heterocycles. The number of aliphatic hydroxyl groups excluding tert-OH is 1. The average molecular weight is 316 g/mol. The van der Waals surface area contributed by atoms with Crippen LogP contribution in [-0.4, -0.2) is 52.7 Å². The van der Waals surface area contributed by atoms with Crippen LogP contribution in [0.2, 0.25) is 0 Å². The van der Waals surface area contributed by atoms with E-state index >= 15 is 0 Å². The maximum absolute atomic E-state index is 12.7. The van der Waals surface area contributed by atoms with Crippen molar-refractivity contribution in [3.63, 3.8) is 0 Å². The summed E-state index contributed by atoms with van der Waals surface area (Å²) >= 11 is 0. The number of sulfonamides is 1. The average Bonchev–Trinajstić information content (AvgIpc) is 2.70. The van der Waals surface area contributed by atoms with E-state index < -0.39 is 22.1 Å². The molecule has 1 fully saturated rings. The number of carbonyl (C=O) groups is 1. The van der Waals surface area contributed by atoms with Gasteiger partial charge in [-0.15, -0.1) is 0 Å². The highest BCUT2D eigenvalue weighted by molar-refractivity contribution is 7.89. The van der Waals surface area contributed by atoms with E-state index in [0.717, 1.165) is 0 Å². The molecule has 21 heavy (non-hydrogen) atoms. The quantitative estimate of drug-likeness (QED) is 0.842. The molecular formula is C13H20N2O5S. The van der Waals surface area contributed by atoms with Gasteiger partial charge in [0.25, 0.3) is 0 Å². The number of hydrogen-bond donors (Lipinski definition) is 2. The van der Waals surface area contributed by atoms with Crippen molar-refractivity contribution < 1.29 is 23.4 Å². The second-order valence-corrected chi connectivity index (χ2v) is 7.45. The minimum absolute atomic E-state index is 0.0194. The van der Waals surface area contributed by atoms with Gasteiger partial charge in [-0.25, -0.2) is 13.2 Å². The summed E-state index contributed by atoms with van der Waals surface area (Å²) in [5.74, 6) is -1.30. The van der Waals surface area contributed by atoms with Gasteiger partial charge in [-0.3, -0.25) is 0 Å². The number of aromatic nitrogens is 1. The number of aromatic carboxylic acids is 1. The second kappa shape index (κ2) is 5.43. The Morgan fingerprint density at radius 1 is 1.43 bits per heavy atom. The fourth-order valence-corrected chi connectivity index (χ4v) is 4.42. The maximum atomic E-state index is 12.7. The molecule has 118 valence electrons. The smallest absolute Gasteiger partial charge is 0.352 e. The summed E-state index contributed by atoms with van der Waals surface area (Å²) in [5, 5.41) is 18.8. The second-order valence-electron chi connectivity index (χ2n) is 5.54.